The third-order valence-electron chi connectivity index (χ3n) is 2.77. The van der Waals surface area contributed by atoms with Crippen LogP contribution >= 0.6 is 0 Å². The van der Waals surface area contributed by atoms with Gasteiger partial charge in [0.15, 0.2) is 5.69 Å². The summed E-state index contributed by atoms with van der Waals surface area (Å²) >= 11 is 0. The van der Waals surface area contributed by atoms with Gasteiger partial charge in [0.2, 0.25) is 0 Å². The first-order valence-electron chi connectivity index (χ1n) is 6.20. The van der Waals surface area contributed by atoms with Crippen molar-refractivity contribution in [2.45, 2.75) is 13.3 Å². The van der Waals surface area contributed by atoms with Crippen LogP contribution in [-0.2, 0) is 7.05 Å². The number of nitrogens with zero attached hydrogens (tertiary/aromatic N) is 2. The minimum atomic E-state index is -0.310. The summed E-state index contributed by atoms with van der Waals surface area (Å²) < 4.78 is 14.8. The van der Waals surface area contributed by atoms with E-state index in [2.05, 4.69) is 10.4 Å². The van der Waals surface area contributed by atoms with Crippen LogP contribution in [0.2, 0.25) is 0 Å². The molecule has 19 heavy (non-hydrogen) atoms. The number of halogens is 1. The van der Waals surface area contributed by atoms with Crippen molar-refractivity contribution in [3.05, 3.63) is 41.8 Å². The number of rotatable bonds is 4. The predicted octanol–water partition coefficient (Wildman–Crippen LogP) is 2.37. The molecule has 0 radical (unpaired) electrons. The van der Waals surface area contributed by atoms with Crippen molar-refractivity contribution in [3.8, 4) is 11.3 Å². The maximum atomic E-state index is 13.2. The molecule has 0 fully saturated rings. The topological polar surface area (TPSA) is 46.9 Å². The molecule has 0 aliphatic heterocycles. The number of carbonyl (C=O) groups is 1. The zero-order chi connectivity index (χ0) is 13.8. The number of aryl methyl sites for hydroxylation is 1. The first-order chi connectivity index (χ1) is 9.11. The zero-order valence-corrected chi connectivity index (χ0v) is 11.0. The maximum absolute atomic E-state index is 13.2. The lowest BCUT2D eigenvalue weighted by atomic mass is 10.1. The molecule has 0 spiro atoms. The molecule has 0 unspecified atom stereocenters. The maximum Gasteiger partial charge on any atom is 0.271 e. The van der Waals surface area contributed by atoms with Gasteiger partial charge in [-0.1, -0.05) is 19.1 Å². The molecular weight excluding hydrogens is 245 g/mol. The average Bonchev–Trinajstić information content (AvgIpc) is 2.78. The second-order valence-corrected chi connectivity index (χ2v) is 4.30. The Balaban J connectivity index is 2.29. The van der Waals surface area contributed by atoms with Gasteiger partial charge in [-0.05, 0) is 24.6 Å². The van der Waals surface area contributed by atoms with Gasteiger partial charge in [-0.3, -0.25) is 9.48 Å². The monoisotopic (exact) mass is 261 g/mol. The van der Waals surface area contributed by atoms with Crippen LogP contribution in [0.1, 0.15) is 23.8 Å². The number of hydrogen-bond donors (Lipinski definition) is 1. The zero-order valence-electron chi connectivity index (χ0n) is 11.0. The Bertz CT molecular complexity index is 592. The number of nitrogens with one attached hydrogen (secondary N) is 1. The van der Waals surface area contributed by atoms with E-state index in [-0.39, 0.29) is 11.7 Å². The lowest BCUT2D eigenvalue weighted by molar-refractivity contribution is 0.0948. The van der Waals surface area contributed by atoms with Crippen molar-refractivity contribution in [2.75, 3.05) is 6.54 Å². The molecule has 1 heterocycles. The van der Waals surface area contributed by atoms with Crippen LogP contribution in [0, 0.1) is 5.82 Å². The molecule has 1 N–H and O–H groups in total. The van der Waals surface area contributed by atoms with Gasteiger partial charge >= 0.3 is 0 Å². The minimum Gasteiger partial charge on any atom is -0.351 e. The fraction of sp³-hybridized carbons (Fsp3) is 0.286. The summed E-state index contributed by atoms with van der Waals surface area (Å²) in [7, 11) is 1.73. The van der Waals surface area contributed by atoms with Crippen LogP contribution in [0.15, 0.2) is 30.3 Å². The fourth-order valence-electron chi connectivity index (χ4n) is 1.83. The number of amides is 1. The molecule has 1 aromatic carbocycles. The summed E-state index contributed by atoms with van der Waals surface area (Å²) in [4.78, 5) is 11.8. The molecule has 0 saturated heterocycles. The third-order valence-corrected chi connectivity index (χ3v) is 2.77. The van der Waals surface area contributed by atoms with Crippen LogP contribution in [0.4, 0.5) is 4.39 Å². The second-order valence-electron chi connectivity index (χ2n) is 4.30. The number of aromatic nitrogens is 2. The van der Waals surface area contributed by atoms with E-state index < -0.39 is 0 Å². The predicted molar refractivity (Wildman–Crippen MR) is 71.2 cm³/mol. The van der Waals surface area contributed by atoms with Gasteiger partial charge in [-0.15, -0.1) is 0 Å². The third kappa shape index (κ3) is 2.99. The van der Waals surface area contributed by atoms with E-state index in [1.165, 1.54) is 12.1 Å². The van der Waals surface area contributed by atoms with Gasteiger partial charge in [-0.2, -0.15) is 5.10 Å². The summed E-state index contributed by atoms with van der Waals surface area (Å²) in [5.41, 5.74) is 1.75. The molecule has 4 nitrogen and oxygen atoms in total. The van der Waals surface area contributed by atoms with Crippen LogP contribution in [0.25, 0.3) is 11.3 Å². The van der Waals surface area contributed by atoms with E-state index in [4.69, 9.17) is 0 Å². The molecular formula is C14H16FN3O. The summed E-state index contributed by atoms with van der Waals surface area (Å²) in [5.74, 6) is -0.518. The number of benzene rings is 1. The summed E-state index contributed by atoms with van der Waals surface area (Å²) in [6, 6.07) is 7.89. The van der Waals surface area contributed by atoms with Crippen LogP contribution in [0.3, 0.4) is 0 Å². The molecule has 2 rings (SSSR count). The average molecular weight is 261 g/mol. The Morgan fingerprint density at radius 1 is 1.42 bits per heavy atom. The molecule has 2 aromatic rings. The first kappa shape index (κ1) is 13.3. The minimum absolute atomic E-state index is 0.208. The lowest BCUT2D eigenvalue weighted by Crippen LogP contribution is -2.24. The Morgan fingerprint density at radius 3 is 2.89 bits per heavy atom. The van der Waals surface area contributed by atoms with E-state index in [0.29, 0.717) is 23.5 Å². The summed E-state index contributed by atoms with van der Waals surface area (Å²) in [5, 5.41) is 6.91. The molecule has 0 saturated carbocycles. The molecule has 100 valence electrons. The van der Waals surface area contributed by atoms with Gasteiger partial charge in [0.25, 0.3) is 5.91 Å². The summed E-state index contributed by atoms with van der Waals surface area (Å²) in [6.45, 7) is 2.60. The van der Waals surface area contributed by atoms with Crippen molar-refractivity contribution in [1.82, 2.24) is 15.1 Å². The fourth-order valence-corrected chi connectivity index (χ4v) is 1.83. The quantitative estimate of drug-likeness (QED) is 0.918. The van der Waals surface area contributed by atoms with Gasteiger partial charge in [0.1, 0.15) is 5.82 Å². The molecule has 0 aliphatic rings. The molecule has 0 aliphatic carbocycles. The Labute approximate surface area is 111 Å². The Morgan fingerprint density at radius 2 is 2.21 bits per heavy atom. The van der Waals surface area contributed by atoms with E-state index in [0.717, 1.165) is 6.42 Å². The van der Waals surface area contributed by atoms with Gasteiger partial charge in [0.05, 0.1) is 5.69 Å². The highest BCUT2D eigenvalue weighted by atomic mass is 19.1. The van der Waals surface area contributed by atoms with Crippen molar-refractivity contribution in [2.24, 2.45) is 7.05 Å². The van der Waals surface area contributed by atoms with E-state index in [1.807, 2.05) is 6.92 Å². The molecule has 1 aromatic heterocycles. The van der Waals surface area contributed by atoms with E-state index >= 15 is 0 Å². The van der Waals surface area contributed by atoms with Crippen molar-refractivity contribution in [1.29, 1.82) is 0 Å². The van der Waals surface area contributed by atoms with Crippen molar-refractivity contribution in [3.63, 3.8) is 0 Å². The molecule has 0 bridgehead atoms. The van der Waals surface area contributed by atoms with Crippen molar-refractivity contribution >= 4 is 5.91 Å². The lowest BCUT2D eigenvalue weighted by Gasteiger charge is -2.00. The van der Waals surface area contributed by atoms with Crippen LogP contribution < -0.4 is 5.32 Å². The van der Waals surface area contributed by atoms with Gasteiger partial charge in [0, 0.05) is 19.2 Å². The molecule has 1 amide bonds. The normalized spacial score (nSPS) is 10.5. The van der Waals surface area contributed by atoms with E-state index in [1.54, 1.807) is 29.9 Å². The van der Waals surface area contributed by atoms with E-state index in [9.17, 15) is 9.18 Å². The summed E-state index contributed by atoms with van der Waals surface area (Å²) in [6.07, 6.45) is 0.870. The SMILES string of the molecule is CCCNC(=O)c1cc(-c2cccc(F)c2)n(C)n1. The Kier molecular flexibility index (Phi) is 3.94. The second kappa shape index (κ2) is 5.65. The highest BCUT2D eigenvalue weighted by molar-refractivity contribution is 5.93. The number of carbonyl (C=O) groups excluding carboxylic acids is 1. The van der Waals surface area contributed by atoms with Gasteiger partial charge < -0.3 is 5.32 Å². The largest absolute Gasteiger partial charge is 0.351 e. The molecule has 0 atom stereocenters. The highest BCUT2D eigenvalue weighted by Crippen LogP contribution is 2.20. The van der Waals surface area contributed by atoms with Crippen molar-refractivity contribution < 1.29 is 9.18 Å². The molecule has 5 heteroatoms. The van der Waals surface area contributed by atoms with Gasteiger partial charge in [-0.25, -0.2) is 4.39 Å². The van der Waals surface area contributed by atoms with Crippen LogP contribution in [0.5, 0.6) is 0 Å². The first-order valence-corrected chi connectivity index (χ1v) is 6.20. The van der Waals surface area contributed by atoms with Crippen LogP contribution in [-0.4, -0.2) is 22.2 Å². The smallest absolute Gasteiger partial charge is 0.271 e. The Hall–Kier alpha value is -2.17. The standard InChI is InChI=1S/C14H16FN3O/c1-3-7-16-14(19)12-9-13(18(2)17-12)10-5-4-6-11(15)8-10/h4-6,8-9H,3,7H2,1-2H3,(H,16,19). The number of hydrogen-bond acceptors (Lipinski definition) is 2. The highest BCUT2D eigenvalue weighted by Gasteiger charge is 2.13.